The quantitative estimate of drug-likeness (QED) is 0.733. The third-order valence-electron chi connectivity index (χ3n) is 3.99. The second kappa shape index (κ2) is 4.22. The molecule has 17 heavy (non-hydrogen) atoms. The van der Waals surface area contributed by atoms with E-state index in [0.717, 1.165) is 28.9 Å². The highest BCUT2D eigenvalue weighted by Crippen LogP contribution is 2.35. The first-order valence-corrected chi connectivity index (χ1v) is 6.04. The van der Waals surface area contributed by atoms with Crippen molar-refractivity contribution >= 4 is 0 Å². The summed E-state index contributed by atoms with van der Waals surface area (Å²) in [5, 5.41) is 0. The summed E-state index contributed by atoms with van der Waals surface area (Å²) in [5.41, 5.74) is 2.78. The van der Waals surface area contributed by atoms with E-state index >= 15 is 0 Å². The van der Waals surface area contributed by atoms with Crippen LogP contribution in [-0.2, 0) is 13.0 Å². The van der Waals surface area contributed by atoms with Crippen LogP contribution in [0, 0.1) is 0 Å². The minimum Gasteiger partial charge on any atom is -0.493 e. The number of likely N-dealkylation sites (N-methyl/N-ethyl adjacent to an activating group) is 1. The molecule has 0 aliphatic carbocycles. The maximum Gasteiger partial charge on any atom is 0.161 e. The van der Waals surface area contributed by atoms with E-state index in [0.29, 0.717) is 6.04 Å². The molecular formula is C14H22NO2+. The number of fused-ring (bicyclic) bond motifs is 1. The molecule has 0 N–H and O–H groups in total. The van der Waals surface area contributed by atoms with Crippen LogP contribution >= 0.6 is 0 Å². The molecular weight excluding hydrogens is 214 g/mol. The lowest BCUT2D eigenvalue weighted by molar-refractivity contribution is -0.928. The Hall–Kier alpha value is -1.22. The molecule has 1 aliphatic rings. The Kier molecular flexibility index (Phi) is 3.04. The molecule has 94 valence electrons. The van der Waals surface area contributed by atoms with E-state index in [1.807, 2.05) is 0 Å². The van der Waals surface area contributed by atoms with Gasteiger partial charge in [0.2, 0.25) is 0 Å². The van der Waals surface area contributed by atoms with E-state index in [1.54, 1.807) is 14.2 Å². The van der Waals surface area contributed by atoms with Crippen LogP contribution in [0.4, 0.5) is 0 Å². The van der Waals surface area contributed by atoms with Crippen molar-refractivity contribution in [1.29, 1.82) is 0 Å². The number of quaternary nitrogens is 1. The van der Waals surface area contributed by atoms with Gasteiger partial charge in [0.25, 0.3) is 0 Å². The van der Waals surface area contributed by atoms with Gasteiger partial charge in [-0.05, 0) is 24.6 Å². The standard InChI is InChI=1S/C14H22NO2/c1-10-6-11-7-13(16-4)14(17-5)8-12(11)9-15(10,2)3/h7-8,10H,6,9H2,1-5H3/q+1/t10-/m1/s1. The van der Waals surface area contributed by atoms with Gasteiger partial charge in [0.1, 0.15) is 6.54 Å². The van der Waals surface area contributed by atoms with E-state index in [1.165, 1.54) is 11.1 Å². The van der Waals surface area contributed by atoms with Crippen molar-refractivity contribution in [3.63, 3.8) is 0 Å². The van der Waals surface area contributed by atoms with Gasteiger partial charge < -0.3 is 14.0 Å². The fourth-order valence-corrected chi connectivity index (χ4v) is 2.46. The summed E-state index contributed by atoms with van der Waals surface area (Å²) in [6.45, 7) is 3.36. The fourth-order valence-electron chi connectivity index (χ4n) is 2.46. The van der Waals surface area contributed by atoms with Gasteiger partial charge in [-0.1, -0.05) is 0 Å². The first-order valence-electron chi connectivity index (χ1n) is 6.04. The topological polar surface area (TPSA) is 18.5 Å². The van der Waals surface area contributed by atoms with Gasteiger partial charge >= 0.3 is 0 Å². The van der Waals surface area contributed by atoms with Gasteiger partial charge in [0.15, 0.2) is 11.5 Å². The number of methoxy groups -OCH3 is 2. The smallest absolute Gasteiger partial charge is 0.161 e. The van der Waals surface area contributed by atoms with Crippen molar-refractivity contribution in [2.24, 2.45) is 0 Å². The summed E-state index contributed by atoms with van der Waals surface area (Å²) >= 11 is 0. The SMILES string of the molecule is COc1cc2c(cc1OC)C[N+](C)(C)[C@H](C)C2. The number of nitrogens with zero attached hydrogens (tertiary/aromatic N) is 1. The van der Waals surface area contributed by atoms with Gasteiger partial charge in [-0.3, -0.25) is 0 Å². The molecule has 2 rings (SSSR count). The van der Waals surface area contributed by atoms with E-state index in [-0.39, 0.29) is 0 Å². The van der Waals surface area contributed by atoms with Gasteiger partial charge in [0.05, 0.1) is 34.4 Å². The molecule has 0 amide bonds. The zero-order chi connectivity index (χ0) is 12.6. The van der Waals surface area contributed by atoms with Crippen molar-refractivity contribution in [3.8, 4) is 11.5 Å². The average molecular weight is 236 g/mol. The Bertz CT molecular complexity index is 426. The van der Waals surface area contributed by atoms with Crippen LogP contribution in [0.1, 0.15) is 18.1 Å². The normalized spacial score (nSPS) is 21.8. The predicted octanol–water partition coefficient (Wildman–Crippen LogP) is 2.22. The zero-order valence-electron chi connectivity index (χ0n) is 11.4. The third kappa shape index (κ3) is 2.12. The van der Waals surface area contributed by atoms with Crippen LogP contribution in [0.15, 0.2) is 12.1 Å². The highest BCUT2D eigenvalue weighted by Gasteiger charge is 2.32. The van der Waals surface area contributed by atoms with Crippen LogP contribution in [0.3, 0.4) is 0 Å². The van der Waals surface area contributed by atoms with Crippen molar-refractivity contribution in [1.82, 2.24) is 0 Å². The molecule has 0 saturated carbocycles. The molecule has 0 bridgehead atoms. The second-order valence-corrected chi connectivity index (χ2v) is 5.47. The summed E-state index contributed by atoms with van der Waals surface area (Å²) in [5.74, 6) is 1.67. The Morgan fingerprint density at radius 3 is 2.12 bits per heavy atom. The Labute approximate surface area is 104 Å². The first-order chi connectivity index (χ1) is 7.97. The van der Waals surface area contributed by atoms with Crippen molar-refractivity contribution in [3.05, 3.63) is 23.3 Å². The molecule has 1 aromatic carbocycles. The molecule has 1 heterocycles. The summed E-state index contributed by atoms with van der Waals surface area (Å²) in [6, 6.07) is 4.89. The lowest BCUT2D eigenvalue weighted by Gasteiger charge is -2.40. The molecule has 1 aliphatic heterocycles. The largest absolute Gasteiger partial charge is 0.493 e. The molecule has 0 fully saturated rings. The number of benzene rings is 1. The fraction of sp³-hybridized carbons (Fsp3) is 0.571. The second-order valence-electron chi connectivity index (χ2n) is 5.47. The number of ether oxygens (including phenoxy) is 2. The van der Waals surface area contributed by atoms with Crippen LogP contribution in [0.2, 0.25) is 0 Å². The summed E-state index contributed by atoms with van der Waals surface area (Å²) in [6.07, 6.45) is 1.10. The monoisotopic (exact) mass is 236 g/mol. The molecule has 0 radical (unpaired) electrons. The van der Waals surface area contributed by atoms with Crippen molar-refractivity contribution in [2.45, 2.75) is 25.9 Å². The predicted molar refractivity (Wildman–Crippen MR) is 68.5 cm³/mol. The minimum absolute atomic E-state index is 0.639. The molecule has 3 heteroatoms. The minimum atomic E-state index is 0.639. The van der Waals surface area contributed by atoms with Gasteiger partial charge in [-0.15, -0.1) is 0 Å². The molecule has 0 aromatic heterocycles. The summed E-state index contributed by atoms with van der Waals surface area (Å²) in [7, 11) is 7.95. The highest BCUT2D eigenvalue weighted by molar-refractivity contribution is 5.48. The maximum atomic E-state index is 5.37. The van der Waals surface area contributed by atoms with Gasteiger partial charge in [0, 0.05) is 12.0 Å². The van der Waals surface area contributed by atoms with Crippen LogP contribution < -0.4 is 9.47 Å². The third-order valence-corrected chi connectivity index (χ3v) is 3.99. The van der Waals surface area contributed by atoms with Crippen molar-refractivity contribution in [2.75, 3.05) is 28.3 Å². The Balaban J connectivity index is 2.45. The molecule has 0 saturated heterocycles. The first kappa shape index (κ1) is 12.2. The zero-order valence-corrected chi connectivity index (χ0v) is 11.4. The molecule has 0 spiro atoms. The molecule has 1 atom stereocenters. The Morgan fingerprint density at radius 2 is 1.59 bits per heavy atom. The summed E-state index contributed by atoms with van der Waals surface area (Å²) < 4.78 is 11.8. The Morgan fingerprint density at radius 1 is 1.06 bits per heavy atom. The van der Waals surface area contributed by atoms with Gasteiger partial charge in [-0.2, -0.15) is 0 Å². The van der Waals surface area contributed by atoms with E-state index < -0.39 is 0 Å². The number of rotatable bonds is 2. The van der Waals surface area contributed by atoms with Crippen molar-refractivity contribution < 1.29 is 14.0 Å². The van der Waals surface area contributed by atoms with Gasteiger partial charge in [-0.25, -0.2) is 0 Å². The molecule has 3 nitrogen and oxygen atoms in total. The van der Waals surface area contributed by atoms with E-state index in [2.05, 4.69) is 33.2 Å². The lowest BCUT2D eigenvalue weighted by Crippen LogP contribution is -2.50. The van der Waals surface area contributed by atoms with Crippen LogP contribution in [-0.4, -0.2) is 38.8 Å². The molecule has 0 unspecified atom stereocenters. The maximum absolute atomic E-state index is 5.37. The number of hydrogen-bond donors (Lipinski definition) is 0. The van der Waals surface area contributed by atoms with E-state index in [4.69, 9.17) is 9.47 Å². The molecule has 1 aromatic rings. The average Bonchev–Trinajstić information content (AvgIpc) is 2.28. The highest BCUT2D eigenvalue weighted by atomic mass is 16.5. The number of hydrogen-bond acceptors (Lipinski definition) is 2. The summed E-state index contributed by atoms with van der Waals surface area (Å²) in [4.78, 5) is 0. The van der Waals surface area contributed by atoms with E-state index in [9.17, 15) is 0 Å². The lowest BCUT2D eigenvalue weighted by atomic mass is 9.93. The van der Waals surface area contributed by atoms with Crippen LogP contribution in [0.5, 0.6) is 11.5 Å². The van der Waals surface area contributed by atoms with Crippen LogP contribution in [0.25, 0.3) is 0 Å².